The Morgan fingerprint density at radius 3 is 3.27 bits per heavy atom. The molecule has 0 fully saturated rings. The Morgan fingerprint density at radius 2 is 2.53 bits per heavy atom. The normalized spacial score (nSPS) is 10.7. The molecule has 0 unspecified atom stereocenters. The molecule has 0 saturated heterocycles. The summed E-state index contributed by atoms with van der Waals surface area (Å²) in [7, 11) is 0. The predicted molar refractivity (Wildman–Crippen MR) is 56.0 cm³/mol. The summed E-state index contributed by atoms with van der Waals surface area (Å²) < 4.78 is 1.25. The van der Waals surface area contributed by atoms with Gasteiger partial charge in [-0.2, -0.15) is 4.52 Å². The van der Waals surface area contributed by atoms with Crippen molar-refractivity contribution in [3.05, 3.63) is 28.4 Å². The summed E-state index contributed by atoms with van der Waals surface area (Å²) in [6, 6.07) is 1.42. The van der Waals surface area contributed by atoms with Gasteiger partial charge in [-0.3, -0.25) is 21.0 Å². The van der Waals surface area contributed by atoms with Crippen LogP contribution >= 0.6 is 11.8 Å². The number of rotatable bonds is 2. The Bertz CT molecular complexity index is 558. The summed E-state index contributed by atoms with van der Waals surface area (Å²) in [4.78, 5) is 19.5. The highest BCUT2D eigenvalue weighted by Crippen LogP contribution is 2.06. The number of hydrogen-bond donors (Lipinski definition) is 3. The zero-order valence-electron chi connectivity index (χ0n) is 7.67. The first-order chi connectivity index (χ1) is 7.16. The molecule has 0 aliphatic heterocycles. The Morgan fingerprint density at radius 1 is 1.73 bits per heavy atom. The quantitative estimate of drug-likeness (QED) is 0.393. The van der Waals surface area contributed by atoms with E-state index in [2.05, 4.69) is 15.1 Å². The Kier molecular flexibility index (Phi) is 2.42. The number of fused-ring (bicyclic) bond motifs is 1. The first-order valence-electron chi connectivity index (χ1n) is 4.09. The van der Waals surface area contributed by atoms with E-state index in [-0.39, 0.29) is 10.7 Å². The maximum absolute atomic E-state index is 11.5. The van der Waals surface area contributed by atoms with E-state index in [1.54, 1.807) is 0 Å². The smallest absolute Gasteiger partial charge is 0.282 e. The van der Waals surface area contributed by atoms with Crippen LogP contribution in [-0.2, 0) is 5.75 Å². The van der Waals surface area contributed by atoms with Crippen LogP contribution in [0, 0.1) is 0 Å². The van der Waals surface area contributed by atoms with Gasteiger partial charge in [0, 0.05) is 11.8 Å². The third kappa shape index (κ3) is 1.99. The number of nitrogens with one attached hydrogen (secondary N) is 1. The van der Waals surface area contributed by atoms with E-state index < -0.39 is 0 Å². The monoisotopic (exact) mass is 225 g/mol. The number of aromatic amines is 1. The molecule has 7 nitrogen and oxygen atoms in total. The van der Waals surface area contributed by atoms with Crippen LogP contribution in [0.5, 0.6) is 0 Å². The molecule has 0 amide bonds. The van der Waals surface area contributed by atoms with Gasteiger partial charge in [-0.05, 0) is 11.8 Å². The second-order valence-corrected chi connectivity index (χ2v) is 3.85. The number of thioether (sulfide) groups is 1. The van der Waals surface area contributed by atoms with Crippen molar-refractivity contribution >= 4 is 22.7 Å². The van der Waals surface area contributed by atoms with Gasteiger partial charge in [0.25, 0.3) is 16.5 Å². The van der Waals surface area contributed by atoms with Gasteiger partial charge in [0.05, 0.1) is 5.69 Å². The summed E-state index contributed by atoms with van der Waals surface area (Å²) in [6.07, 6.45) is 1.41. The van der Waals surface area contributed by atoms with Gasteiger partial charge in [-0.25, -0.2) is 9.97 Å². The molecule has 78 valence electrons. The summed E-state index contributed by atoms with van der Waals surface area (Å²) in [5.41, 5.74) is 5.69. The molecule has 0 aromatic carbocycles. The summed E-state index contributed by atoms with van der Waals surface area (Å²) in [5.74, 6) is 0.801. The van der Waals surface area contributed by atoms with Crippen molar-refractivity contribution in [2.75, 3.05) is 0 Å². The molecule has 2 aromatic heterocycles. The van der Waals surface area contributed by atoms with E-state index in [9.17, 15) is 4.79 Å². The van der Waals surface area contributed by atoms with Crippen LogP contribution in [0.3, 0.4) is 0 Å². The van der Waals surface area contributed by atoms with E-state index in [4.69, 9.17) is 11.1 Å². The number of nitrogens with zero attached hydrogens (tertiary/aromatic N) is 3. The predicted octanol–water partition coefficient (Wildman–Crippen LogP) is -2.28. The lowest BCUT2D eigenvalue weighted by atomic mass is 10.4. The van der Waals surface area contributed by atoms with Crippen LogP contribution in [0.25, 0.3) is 5.78 Å². The molecule has 0 radical (unpaired) electrons. The third-order valence-corrected chi connectivity index (χ3v) is 2.48. The highest BCUT2D eigenvalue weighted by atomic mass is 32.2. The third-order valence-electron chi connectivity index (χ3n) is 1.71. The molecule has 2 aromatic rings. The molecule has 0 saturated carbocycles. The highest BCUT2D eigenvalue weighted by molar-refractivity contribution is 8.12. The minimum absolute atomic E-state index is 0.205. The molecule has 0 atom stereocenters. The molecular weight excluding hydrogens is 216 g/mol. The zero-order valence-corrected chi connectivity index (χ0v) is 8.49. The molecule has 2 rings (SSSR count). The van der Waals surface area contributed by atoms with E-state index >= 15 is 0 Å². The van der Waals surface area contributed by atoms with Crippen molar-refractivity contribution in [1.82, 2.24) is 19.6 Å². The second-order valence-electron chi connectivity index (χ2n) is 2.80. The van der Waals surface area contributed by atoms with Gasteiger partial charge < -0.3 is 0 Å². The van der Waals surface area contributed by atoms with Gasteiger partial charge in [0.2, 0.25) is 0 Å². The minimum atomic E-state index is -0.205. The molecule has 8 heteroatoms. The lowest BCUT2D eigenvalue weighted by Gasteiger charge is -1.96. The topological polar surface area (TPSA) is 115 Å². The fraction of sp³-hybridized carbons (Fsp3) is 0.143. The maximum Gasteiger partial charge on any atom is 0.300 e. The average Bonchev–Trinajstić information content (AvgIpc) is 2.63. The maximum atomic E-state index is 11.5. The van der Waals surface area contributed by atoms with Crippen LogP contribution in [0.2, 0.25) is 0 Å². The highest BCUT2D eigenvalue weighted by Gasteiger charge is 2.05. The lowest BCUT2D eigenvalue weighted by Crippen LogP contribution is -2.43. The van der Waals surface area contributed by atoms with Gasteiger partial charge in [0.15, 0.2) is 0 Å². The standard InChI is InChI=1S/C7H8N6OS/c8-6(9)15-2-4-1-5(14)13-7(12-4)10-3-11-13/h1,3H,2H2,(H3,8,9)(H,10,11,12)/p+1. The molecule has 2 heterocycles. The van der Waals surface area contributed by atoms with Crippen molar-refractivity contribution in [2.45, 2.75) is 5.75 Å². The molecule has 5 N–H and O–H groups in total. The van der Waals surface area contributed by atoms with Gasteiger partial charge in [-0.15, -0.1) is 0 Å². The molecule has 0 aliphatic rings. The number of hydrogen-bond acceptors (Lipinski definition) is 4. The van der Waals surface area contributed by atoms with Gasteiger partial charge in [0.1, 0.15) is 6.33 Å². The van der Waals surface area contributed by atoms with Crippen LogP contribution in [0.15, 0.2) is 17.2 Å². The number of nitrogens with two attached hydrogens (primary N) is 2. The van der Waals surface area contributed by atoms with Crippen LogP contribution in [0.1, 0.15) is 5.69 Å². The fourth-order valence-electron chi connectivity index (χ4n) is 1.10. The summed E-state index contributed by atoms with van der Waals surface area (Å²) >= 11 is 1.23. The average molecular weight is 225 g/mol. The fourth-order valence-corrected chi connectivity index (χ4v) is 1.56. The summed E-state index contributed by atoms with van der Waals surface area (Å²) in [6.45, 7) is 0. The Labute approximate surface area is 88.2 Å². The second kappa shape index (κ2) is 3.73. The zero-order chi connectivity index (χ0) is 10.8. The number of amidine groups is 1. The largest absolute Gasteiger partial charge is 0.300 e. The molecule has 15 heavy (non-hydrogen) atoms. The number of H-pyrrole nitrogens is 1. The van der Waals surface area contributed by atoms with E-state index in [0.29, 0.717) is 17.2 Å². The number of aromatic nitrogens is 4. The van der Waals surface area contributed by atoms with Crippen molar-refractivity contribution < 1.29 is 5.41 Å². The van der Waals surface area contributed by atoms with Gasteiger partial charge in [-0.1, -0.05) is 0 Å². The Hall–Kier alpha value is -1.83. The lowest BCUT2D eigenvalue weighted by molar-refractivity contribution is -0.110. The first-order valence-corrected chi connectivity index (χ1v) is 5.08. The van der Waals surface area contributed by atoms with Gasteiger partial charge >= 0.3 is 0 Å². The van der Waals surface area contributed by atoms with Crippen LogP contribution in [0.4, 0.5) is 0 Å². The first kappa shape index (κ1) is 9.71. The van der Waals surface area contributed by atoms with E-state index in [1.807, 2.05) is 0 Å². The van der Waals surface area contributed by atoms with E-state index in [1.165, 1.54) is 28.7 Å². The van der Waals surface area contributed by atoms with Crippen molar-refractivity contribution in [3.63, 3.8) is 0 Å². The van der Waals surface area contributed by atoms with Crippen LogP contribution in [-0.4, -0.2) is 24.7 Å². The summed E-state index contributed by atoms with van der Waals surface area (Å²) in [5, 5.41) is 8.19. The molecular formula is C7H9N6OS+. The SMILES string of the molecule is NC(=[NH2+])SCc1cc(=O)n2[nH]cnc2n1. The van der Waals surface area contributed by atoms with Crippen molar-refractivity contribution in [3.8, 4) is 0 Å². The molecule has 0 bridgehead atoms. The minimum Gasteiger partial charge on any atom is -0.282 e. The van der Waals surface area contributed by atoms with Crippen molar-refractivity contribution in [2.24, 2.45) is 5.73 Å². The Balaban J connectivity index is 2.36. The molecule has 0 spiro atoms. The molecule has 0 aliphatic carbocycles. The van der Waals surface area contributed by atoms with Crippen molar-refractivity contribution in [1.29, 1.82) is 0 Å². The van der Waals surface area contributed by atoms with Crippen LogP contribution < -0.4 is 16.7 Å². The van der Waals surface area contributed by atoms with E-state index in [0.717, 1.165) is 0 Å².